The maximum Gasteiger partial charge on any atom is 0.243 e. The van der Waals surface area contributed by atoms with Crippen molar-refractivity contribution in [1.82, 2.24) is 16.0 Å². The number of aliphatic imine (C=N–C) groups is 1. The maximum atomic E-state index is 15.4. The number of nitrogens with zero attached hydrogens (tertiary/aromatic N) is 1. The molecule has 3 aliphatic heterocycles. The fourth-order valence-electron chi connectivity index (χ4n) is 16.5. The van der Waals surface area contributed by atoms with Crippen LogP contribution in [0.5, 0.6) is 5.75 Å². The molecule has 3 fully saturated rings. The average Bonchev–Trinajstić information content (AvgIpc) is 1.65. The minimum Gasteiger partial charge on any atom is -0.508 e. The number of β-amino-alcohol motifs (C(OH)–C–C–N with tert-alkyl or cyclic N) is 1. The van der Waals surface area contributed by atoms with Gasteiger partial charge in [0, 0.05) is 49.2 Å². The minimum atomic E-state index is -1.38. The Bertz CT molecular complexity index is 3460. The first-order valence-corrected chi connectivity index (χ1v) is 34.3. The van der Waals surface area contributed by atoms with E-state index < -0.39 is 71.1 Å². The lowest BCUT2D eigenvalue weighted by Gasteiger charge is -2.56. The van der Waals surface area contributed by atoms with Crippen LogP contribution in [-0.4, -0.2) is 106 Å². The molecule has 0 radical (unpaired) electrons. The van der Waals surface area contributed by atoms with Crippen LogP contribution in [-0.2, 0) is 40.0 Å². The van der Waals surface area contributed by atoms with Gasteiger partial charge < -0.3 is 58.1 Å². The van der Waals surface area contributed by atoms with Crippen molar-refractivity contribution < 1.29 is 39.9 Å². The fourth-order valence-corrected chi connectivity index (χ4v) is 16.5. The number of aliphatic hydroxyl groups is 4. The van der Waals surface area contributed by atoms with Crippen LogP contribution < -0.4 is 33.2 Å². The van der Waals surface area contributed by atoms with E-state index in [0.717, 1.165) is 65.6 Å². The predicted molar refractivity (Wildman–Crippen MR) is 368 cm³/mol. The first-order valence-electron chi connectivity index (χ1n) is 34.3. The van der Waals surface area contributed by atoms with Gasteiger partial charge in [0.25, 0.3) is 0 Å². The number of nitrogens with two attached hydrogens (primary N) is 3. The summed E-state index contributed by atoms with van der Waals surface area (Å²) in [5.74, 6) is 4.81. The van der Waals surface area contributed by atoms with E-state index in [9.17, 15) is 30.3 Å². The molecule has 1 spiro atoms. The Hall–Kier alpha value is -6.97. The minimum absolute atomic E-state index is 0.0141. The molecule has 15 heteroatoms. The molecule has 3 heterocycles. The number of ketones is 1. The van der Waals surface area contributed by atoms with Crippen molar-refractivity contribution in [1.29, 1.82) is 0 Å². The smallest absolute Gasteiger partial charge is 0.243 e. The second kappa shape index (κ2) is 32.0. The first-order chi connectivity index (χ1) is 44.9. The summed E-state index contributed by atoms with van der Waals surface area (Å²) in [4.78, 5) is 34.1. The summed E-state index contributed by atoms with van der Waals surface area (Å²) in [5.41, 5.74) is 26.3. The van der Waals surface area contributed by atoms with E-state index >= 15 is 4.79 Å². The molecule has 14 N–H and O–H groups in total. The van der Waals surface area contributed by atoms with Gasteiger partial charge in [-0.1, -0.05) is 158 Å². The highest BCUT2D eigenvalue weighted by Gasteiger charge is 2.64. The summed E-state index contributed by atoms with van der Waals surface area (Å²) < 4.78 is 6.45. The number of phenols is 1. The van der Waals surface area contributed by atoms with Crippen molar-refractivity contribution in [3.8, 4) is 17.6 Å². The number of carbonyl (C=O) groups excluding carboxylic acids is 2. The normalized spacial score (nSPS) is 30.7. The van der Waals surface area contributed by atoms with E-state index in [2.05, 4.69) is 87.9 Å². The molecule has 3 aliphatic carbocycles. The van der Waals surface area contributed by atoms with Crippen LogP contribution in [0, 0.1) is 40.9 Å². The third-order valence-electron chi connectivity index (χ3n) is 21.7. The molecular weight excluding hydrogens is 1160 g/mol. The van der Waals surface area contributed by atoms with Gasteiger partial charge in [-0.2, -0.15) is 0 Å². The number of phenolic OH excluding ortho intramolecular Hbond substituents is 1. The highest BCUT2D eigenvalue weighted by atomic mass is 16.5. The lowest BCUT2D eigenvalue weighted by atomic mass is 9.52. The highest BCUT2D eigenvalue weighted by Crippen LogP contribution is 2.63. The molecule has 3 saturated carbocycles. The Morgan fingerprint density at radius 2 is 1.66 bits per heavy atom. The topological polar surface area (TPSA) is 271 Å². The van der Waals surface area contributed by atoms with Gasteiger partial charge in [-0.3, -0.25) is 19.9 Å². The number of hydrogen-bond acceptors (Lipinski definition) is 12. The zero-order valence-electron chi connectivity index (χ0n) is 54.7. The first kappa shape index (κ1) is 68.9. The van der Waals surface area contributed by atoms with Crippen LogP contribution in [0.3, 0.4) is 0 Å². The standard InChI is InChI=1S/C78H101N7O8/c1-50-16-12-27-59(49-93-41-11-10-19-53(23-13-22-52-17-6-4-7-18-52)29-36-68(50)82-46-54-20-8-5-9-21-54)63-38-40-78(73(63)90)67-35-34-61(87)43-55-24-14-25-56(42-55)44-65(66(47-84-76(80)81)57-30-32-60(86)33-31-57)70(89)48-83-72-71-58(26-15-28-64(71)74(79)85-75(72)91)45-69(88)51(2)62(67)37-39-77(78,3)92/h4,6-7,12,14-18,24-33,42,54,61,63,65-68,70,72-74,82-83,86-87,89-90,92H,1,5,8-9,13,19-23,34-41,43-49,79H2,2-3H3,(H,85,91)(H4,80,81,84)/b16-12+,53-29-,59-27-,62-51?/t61-,63+,65+,66+,67+,68-,70+,72+,73+,74+,77+,78+/m0/s1. The Kier molecular flexibility index (Phi) is 23.7. The number of aromatic hydroxyl groups is 1. The average molecular weight is 1260 g/mol. The zero-order valence-corrected chi connectivity index (χ0v) is 54.7. The van der Waals surface area contributed by atoms with Gasteiger partial charge >= 0.3 is 0 Å². The number of hydrogen-bond donors (Lipinski definition) is 11. The Morgan fingerprint density at radius 3 is 2.43 bits per heavy atom. The van der Waals surface area contributed by atoms with Crippen molar-refractivity contribution in [2.45, 2.75) is 184 Å². The van der Waals surface area contributed by atoms with E-state index in [1.54, 1.807) is 24.3 Å². The number of rotatable bonds is 12. The number of aryl methyl sites for hydroxylation is 1. The molecule has 0 unspecified atom stereocenters. The van der Waals surface area contributed by atoms with E-state index in [0.29, 0.717) is 86.0 Å². The van der Waals surface area contributed by atoms with Gasteiger partial charge in [0.15, 0.2) is 11.7 Å². The Labute approximate surface area is 551 Å². The monoisotopic (exact) mass is 1260 g/mol. The predicted octanol–water partition coefficient (Wildman–Crippen LogP) is 9.77. The molecule has 0 saturated heterocycles. The van der Waals surface area contributed by atoms with Crippen LogP contribution in [0.2, 0.25) is 0 Å². The summed E-state index contributed by atoms with van der Waals surface area (Å²) in [6.45, 7) is 9.79. The third-order valence-corrected chi connectivity index (χ3v) is 21.7. The molecule has 15 nitrogen and oxygen atoms in total. The van der Waals surface area contributed by atoms with E-state index in [4.69, 9.17) is 21.9 Å². The van der Waals surface area contributed by atoms with Gasteiger partial charge in [0.1, 0.15) is 24.6 Å². The van der Waals surface area contributed by atoms with Gasteiger partial charge in [-0.25, -0.2) is 0 Å². The number of benzene rings is 4. The molecule has 4 aromatic carbocycles. The molecular formula is C78H101N7O8. The maximum absolute atomic E-state index is 15.4. The number of fused-ring (bicyclic) bond motifs is 4. The van der Waals surface area contributed by atoms with Gasteiger partial charge in [-0.15, -0.1) is 0 Å². The Balaban J connectivity index is 0.983. The fraction of sp³-hybridized carbons (Fsp3) is 0.500. The summed E-state index contributed by atoms with van der Waals surface area (Å²) >= 11 is 0. The molecule has 1 amide bonds. The molecule has 10 rings (SSSR count). The number of Topliss-reactive ketones (excluding diaryl/α,β-unsaturated/α-hetero) is 1. The quantitative estimate of drug-likeness (QED) is 0.0273. The molecule has 2 bridgehead atoms. The molecule has 12 atom stereocenters. The van der Waals surface area contributed by atoms with Crippen molar-refractivity contribution in [3.05, 3.63) is 195 Å². The van der Waals surface area contributed by atoms with Crippen molar-refractivity contribution >= 4 is 17.6 Å². The van der Waals surface area contributed by atoms with E-state index in [1.807, 2.05) is 62.4 Å². The number of allylic oxidation sites excluding steroid dienone is 5. The van der Waals surface area contributed by atoms with Crippen LogP contribution in [0.1, 0.15) is 167 Å². The molecule has 0 aromatic heterocycles. The van der Waals surface area contributed by atoms with Crippen molar-refractivity contribution in [2.75, 3.05) is 32.8 Å². The van der Waals surface area contributed by atoms with Gasteiger partial charge in [0.05, 0.1) is 30.5 Å². The van der Waals surface area contributed by atoms with E-state index in [-0.39, 0.29) is 56.3 Å². The van der Waals surface area contributed by atoms with Crippen molar-refractivity contribution in [3.63, 3.8) is 0 Å². The van der Waals surface area contributed by atoms with E-state index in [1.165, 1.54) is 43.2 Å². The SMILES string of the molecule is C=C1/C=C/C=C(\[C@H]2CC[C@@]3([C@@H]4CC[C@H](O)Cc5cccc(c5)C[C@H]([C@H](CN=C(N)N)c5ccc(O)cc5)[C@H](O)CN[C@H]5C(=O)N[C@@H](N)c6cccc(c65)CC(=O)C(C)=C4CC[C@@]3(C)O)[C@@H]2O)COCC#CC/C(CCCc2ccccc2)=C/C[C@@H]1NCC1CCCCC1. The lowest BCUT2D eigenvalue weighted by molar-refractivity contribution is -0.168. The summed E-state index contributed by atoms with van der Waals surface area (Å²) in [6, 6.07) is 29.9. The second-order valence-electron chi connectivity index (χ2n) is 27.7. The number of aliphatic hydroxyl groups excluding tert-OH is 3. The molecule has 4 aromatic rings. The lowest BCUT2D eigenvalue weighted by Crippen LogP contribution is -2.59. The van der Waals surface area contributed by atoms with Crippen LogP contribution in [0.15, 0.2) is 161 Å². The second-order valence-corrected chi connectivity index (χ2v) is 27.7. The van der Waals surface area contributed by atoms with Crippen molar-refractivity contribution in [2.24, 2.45) is 51.3 Å². The highest BCUT2D eigenvalue weighted by molar-refractivity contribution is 5.98. The number of amides is 1. The summed E-state index contributed by atoms with van der Waals surface area (Å²) in [6.07, 6.45) is 18.4. The van der Waals surface area contributed by atoms with Crippen LogP contribution in [0.25, 0.3) is 0 Å². The molecule has 93 heavy (non-hydrogen) atoms. The third kappa shape index (κ3) is 16.9. The zero-order chi connectivity index (χ0) is 65.7. The van der Waals surface area contributed by atoms with Gasteiger partial charge in [0.2, 0.25) is 5.91 Å². The Morgan fingerprint density at radius 1 is 0.892 bits per heavy atom. The number of ether oxygens (including phenoxy) is 1. The number of carbonyl (C=O) groups is 2. The summed E-state index contributed by atoms with van der Waals surface area (Å²) in [5, 5.41) is 72.1. The molecule has 6 aliphatic rings. The molecule has 496 valence electrons. The summed E-state index contributed by atoms with van der Waals surface area (Å²) in [7, 11) is 0. The van der Waals surface area contributed by atoms with Crippen LogP contribution >= 0.6 is 0 Å². The van der Waals surface area contributed by atoms with Crippen LogP contribution in [0.4, 0.5) is 0 Å². The van der Waals surface area contributed by atoms with Gasteiger partial charge in [-0.05, 0) is 196 Å². The number of guanidine groups is 1. The number of nitrogens with one attached hydrogen (secondary N) is 3. The largest absolute Gasteiger partial charge is 0.508 e.